The molecule has 2 fully saturated rings. The van der Waals surface area contributed by atoms with Crippen LogP contribution in [0.25, 0.3) is 0 Å². The van der Waals surface area contributed by atoms with Crippen LogP contribution >= 0.6 is 0 Å². The predicted octanol–water partition coefficient (Wildman–Crippen LogP) is 3.60. The van der Waals surface area contributed by atoms with Gasteiger partial charge in [0, 0.05) is 39.1 Å². The topological polar surface area (TPSA) is 78.7 Å². The quantitative estimate of drug-likeness (QED) is 0.533. The number of likely N-dealkylation sites (tertiary alicyclic amines) is 1. The Labute approximate surface area is 216 Å². The highest BCUT2D eigenvalue weighted by molar-refractivity contribution is 5.87. The van der Waals surface area contributed by atoms with Crippen molar-refractivity contribution < 1.29 is 9.59 Å². The summed E-state index contributed by atoms with van der Waals surface area (Å²) in [6.07, 6.45) is 6.22. The first-order chi connectivity index (χ1) is 17.5. The van der Waals surface area contributed by atoms with Gasteiger partial charge in [0.05, 0.1) is 0 Å². The fourth-order valence-corrected chi connectivity index (χ4v) is 5.97. The van der Waals surface area contributed by atoms with Crippen LogP contribution in [0.2, 0.25) is 0 Å². The van der Waals surface area contributed by atoms with Crippen molar-refractivity contribution in [3.63, 3.8) is 0 Å². The summed E-state index contributed by atoms with van der Waals surface area (Å²) in [5.74, 6) is 1.02. The Morgan fingerprint density at radius 1 is 0.972 bits per heavy atom. The van der Waals surface area contributed by atoms with E-state index in [0.717, 1.165) is 38.9 Å². The normalized spacial score (nSPS) is 24.1. The lowest BCUT2D eigenvalue weighted by atomic mass is 9.81. The molecule has 1 saturated heterocycles. The number of rotatable bonds is 10. The minimum absolute atomic E-state index is 0.00899. The Morgan fingerprint density at radius 3 is 2.31 bits per heavy atom. The molecule has 0 aromatic heterocycles. The fourth-order valence-electron chi connectivity index (χ4n) is 5.97. The summed E-state index contributed by atoms with van der Waals surface area (Å²) in [7, 11) is 0. The van der Waals surface area contributed by atoms with Crippen molar-refractivity contribution in [2.45, 2.75) is 64.1 Å². The number of nitrogens with one attached hydrogen (secondary N) is 1. The third kappa shape index (κ3) is 7.17. The molecule has 1 aliphatic heterocycles. The van der Waals surface area contributed by atoms with E-state index in [4.69, 9.17) is 5.73 Å². The Kier molecular flexibility index (Phi) is 9.54. The molecule has 1 heterocycles. The van der Waals surface area contributed by atoms with Gasteiger partial charge in [0.2, 0.25) is 11.8 Å². The molecule has 2 amide bonds. The van der Waals surface area contributed by atoms with E-state index < -0.39 is 6.04 Å². The third-order valence-corrected chi connectivity index (χ3v) is 8.05. The van der Waals surface area contributed by atoms with Gasteiger partial charge in [-0.05, 0) is 61.6 Å². The number of nitrogens with two attached hydrogens (primary N) is 1. The molecule has 1 aliphatic carbocycles. The zero-order valence-corrected chi connectivity index (χ0v) is 21.6. The van der Waals surface area contributed by atoms with Gasteiger partial charge in [-0.25, -0.2) is 0 Å². The maximum absolute atomic E-state index is 13.3. The number of carbonyl (C=O) groups is 2. The van der Waals surface area contributed by atoms with Crippen molar-refractivity contribution in [1.29, 1.82) is 0 Å². The summed E-state index contributed by atoms with van der Waals surface area (Å²) < 4.78 is 0. The lowest BCUT2D eigenvalue weighted by molar-refractivity contribution is -0.137. The lowest BCUT2D eigenvalue weighted by Crippen LogP contribution is -2.46. The largest absolute Gasteiger partial charge is 0.354 e. The van der Waals surface area contributed by atoms with Crippen molar-refractivity contribution in [3.05, 3.63) is 71.8 Å². The summed E-state index contributed by atoms with van der Waals surface area (Å²) in [4.78, 5) is 30.1. The number of nitrogens with zero attached hydrogens (tertiary/aromatic N) is 2. The molecule has 194 valence electrons. The summed E-state index contributed by atoms with van der Waals surface area (Å²) in [5, 5.41) is 3.20. The van der Waals surface area contributed by atoms with Crippen LogP contribution < -0.4 is 11.1 Å². The maximum atomic E-state index is 13.3. The number of benzene rings is 2. The minimum Gasteiger partial charge on any atom is -0.354 e. The minimum atomic E-state index is -0.406. The molecule has 6 heteroatoms. The smallest absolute Gasteiger partial charge is 0.242 e. The molecule has 3 N–H and O–H groups in total. The van der Waals surface area contributed by atoms with Crippen LogP contribution in [0.1, 0.15) is 50.2 Å². The lowest BCUT2D eigenvalue weighted by Gasteiger charge is -2.29. The second-order valence-electron chi connectivity index (χ2n) is 10.6. The Hall–Kier alpha value is -2.70. The highest BCUT2D eigenvalue weighted by Gasteiger charge is 2.40. The van der Waals surface area contributed by atoms with Crippen LogP contribution in [0, 0.1) is 11.8 Å². The monoisotopic (exact) mass is 490 g/mol. The second kappa shape index (κ2) is 13.0. The molecule has 2 aromatic rings. The van der Waals surface area contributed by atoms with Crippen molar-refractivity contribution in [2.75, 3.05) is 26.2 Å². The Bertz CT molecular complexity index is 967. The van der Waals surface area contributed by atoms with Gasteiger partial charge in [0.15, 0.2) is 0 Å². The van der Waals surface area contributed by atoms with E-state index in [9.17, 15) is 9.59 Å². The molecule has 4 rings (SSSR count). The van der Waals surface area contributed by atoms with Crippen LogP contribution in [-0.4, -0.2) is 59.9 Å². The molecule has 4 atom stereocenters. The fraction of sp³-hybridized carbons (Fsp3) is 0.533. The Balaban J connectivity index is 1.42. The van der Waals surface area contributed by atoms with E-state index in [0.29, 0.717) is 31.3 Å². The molecule has 0 bridgehead atoms. The predicted molar refractivity (Wildman–Crippen MR) is 144 cm³/mol. The molecule has 2 aromatic carbocycles. The van der Waals surface area contributed by atoms with Gasteiger partial charge in [-0.1, -0.05) is 67.1 Å². The van der Waals surface area contributed by atoms with Crippen molar-refractivity contribution >= 4 is 11.8 Å². The third-order valence-electron chi connectivity index (χ3n) is 8.05. The summed E-state index contributed by atoms with van der Waals surface area (Å²) in [6, 6.07) is 20.7. The van der Waals surface area contributed by atoms with Crippen molar-refractivity contribution in [1.82, 2.24) is 15.1 Å². The van der Waals surface area contributed by atoms with Gasteiger partial charge in [0.25, 0.3) is 0 Å². The SMILES string of the molecule is CC(=O)N1CC(N(CCc2ccccc2)Cc2ccccc2)CC1C(=O)NCC1CCCC(CN)C1. The number of amides is 2. The summed E-state index contributed by atoms with van der Waals surface area (Å²) in [6.45, 7) is 5.28. The van der Waals surface area contributed by atoms with E-state index in [-0.39, 0.29) is 17.9 Å². The molecular formula is C30H42N4O2. The molecule has 4 unspecified atom stereocenters. The van der Waals surface area contributed by atoms with Crippen molar-refractivity contribution in [2.24, 2.45) is 17.6 Å². The van der Waals surface area contributed by atoms with Crippen LogP contribution in [0.5, 0.6) is 0 Å². The maximum Gasteiger partial charge on any atom is 0.242 e. The van der Waals surface area contributed by atoms with E-state index in [1.165, 1.54) is 24.0 Å². The number of hydrogen-bond acceptors (Lipinski definition) is 4. The standard InChI is InChI=1S/C30H42N4O2/c1-23(35)34-22-28(18-29(34)30(36)32-20-27-14-8-13-26(17-27)19-31)33(21-25-11-6-3-7-12-25)16-15-24-9-4-2-5-10-24/h2-7,9-12,26-29H,8,13-22,31H2,1H3,(H,32,36). The first-order valence-electron chi connectivity index (χ1n) is 13.6. The number of hydrogen-bond donors (Lipinski definition) is 2. The van der Waals surface area contributed by atoms with E-state index >= 15 is 0 Å². The van der Waals surface area contributed by atoms with Gasteiger partial charge >= 0.3 is 0 Å². The van der Waals surface area contributed by atoms with Crippen molar-refractivity contribution in [3.8, 4) is 0 Å². The van der Waals surface area contributed by atoms with Gasteiger partial charge in [-0.2, -0.15) is 0 Å². The second-order valence-corrected chi connectivity index (χ2v) is 10.6. The first kappa shape index (κ1) is 26.4. The van der Waals surface area contributed by atoms with E-state index in [1.807, 2.05) is 12.1 Å². The van der Waals surface area contributed by atoms with Crippen LogP contribution in [-0.2, 0) is 22.6 Å². The van der Waals surface area contributed by atoms with E-state index in [1.54, 1.807) is 11.8 Å². The molecule has 0 spiro atoms. The summed E-state index contributed by atoms with van der Waals surface area (Å²) >= 11 is 0. The molecule has 6 nitrogen and oxygen atoms in total. The highest BCUT2D eigenvalue weighted by atomic mass is 16.2. The van der Waals surface area contributed by atoms with Gasteiger partial charge < -0.3 is 16.0 Å². The van der Waals surface area contributed by atoms with Crippen LogP contribution in [0.3, 0.4) is 0 Å². The average molecular weight is 491 g/mol. The van der Waals surface area contributed by atoms with Crippen LogP contribution in [0.15, 0.2) is 60.7 Å². The van der Waals surface area contributed by atoms with E-state index in [2.05, 4.69) is 58.7 Å². The van der Waals surface area contributed by atoms with Gasteiger partial charge in [-0.15, -0.1) is 0 Å². The van der Waals surface area contributed by atoms with Gasteiger partial charge in [-0.3, -0.25) is 14.5 Å². The number of carbonyl (C=O) groups excluding carboxylic acids is 2. The Morgan fingerprint density at radius 2 is 1.64 bits per heavy atom. The average Bonchev–Trinajstić information content (AvgIpc) is 3.37. The molecule has 2 aliphatic rings. The highest BCUT2D eigenvalue weighted by Crippen LogP contribution is 2.29. The molecule has 1 saturated carbocycles. The summed E-state index contributed by atoms with van der Waals surface area (Å²) in [5.41, 5.74) is 8.45. The van der Waals surface area contributed by atoms with Gasteiger partial charge in [0.1, 0.15) is 6.04 Å². The molecular weight excluding hydrogens is 448 g/mol. The molecule has 36 heavy (non-hydrogen) atoms. The first-order valence-corrected chi connectivity index (χ1v) is 13.6. The van der Waals surface area contributed by atoms with Crippen LogP contribution in [0.4, 0.5) is 0 Å². The molecule has 0 radical (unpaired) electrons. The zero-order valence-electron chi connectivity index (χ0n) is 21.6. The zero-order chi connectivity index (χ0) is 25.3.